The summed E-state index contributed by atoms with van der Waals surface area (Å²) in [4.78, 5) is 21.1. The summed E-state index contributed by atoms with van der Waals surface area (Å²) in [7, 11) is 0. The Hall–Kier alpha value is -3.36. The molecule has 0 spiro atoms. The summed E-state index contributed by atoms with van der Waals surface area (Å²) in [5.74, 6) is 1.05. The van der Waals surface area contributed by atoms with Crippen LogP contribution in [0.4, 0.5) is 10.5 Å². The van der Waals surface area contributed by atoms with Crippen LogP contribution in [0.15, 0.2) is 28.8 Å². The Morgan fingerprint density at radius 1 is 1.11 bits per heavy atom. The zero-order valence-corrected chi connectivity index (χ0v) is 22.9. The van der Waals surface area contributed by atoms with E-state index < -0.39 is 5.60 Å². The Morgan fingerprint density at radius 2 is 1.81 bits per heavy atom. The van der Waals surface area contributed by atoms with Crippen LogP contribution < -0.4 is 4.90 Å². The SMILES string of the molecule is CCn1nc(-c2nc(-c3ccc(N4CCN(C(=O)OC(C)(C)C)CC4)cc3)no2)c2c1CC(C)(C)CC2. The third-order valence-corrected chi connectivity index (χ3v) is 7.21. The molecule has 1 saturated heterocycles. The van der Waals surface area contributed by atoms with Gasteiger partial charge in [0, 0.05) is 55.2 Å². The smallest absolute Gasteiger partial charge is 0.410 e. The zero-order valence-electron chi connectivity index (χ0n) is 22.9. The molecule has 2 aliphatic rings. The highest BCUT2D eigenvalue weighted by Gasteiger charge is 2.32. The van der Waals surface area contributed by atoms with Crippen molar-refractivity contribution in [2.45, 2.75) is 73.0 Å². The summed E-state index contributed by atoms with van der Waals surface area (Å²) in [5, 5.41) is 9.11. The van der Waals surface area contributed by atoms with Crippen LogP contribution in [0.25, 0.3) is 23.0 Å². The van der Waals surface area contributed by atoms with Crippen LogP contribution in [0.5, 0.6) is 0 Å². The van der Waals surface area contributed by atoms with Gasteiger partial charge in [0.05, 0.1) is 0 Å². The molecule has 1 fully saturated rings. The van der Waals surface area contributed by atoms with E-state index in [0.717, 1.165) is 55.8 Å². The van der Waals surface area contributed by atoms with Gasteiger partial charge in [-0.15, -0.1) is 0 Å². The minimum atomic E-state index is -0.481. The molecule has 1 aliphatic heterocycles. The molecular formula is C28H38N6O3. The number of carbonyl (C=O) groups is 1. The van der Waals surface area contributed by atoms with Gasteiger partial charge in [-0.2, -0.15) is 10.1 Å². The molecule has 9 heteroatoms. The lowest BCUT2D eigenvalue weighted by atomic mass is 9.76. The summed E-state index contributed by atoms with van der Waals surface area (Å²) >= 11 is 0. The second-order valence-electron chi connectivity index (χ2n) is 11.9. The van der Waals surface area contributed by atoms with E-state index in [4.69, 9.17) is 19.3 Å². The Bertz CT molecular complexity index is 1260. The van der Waals surface area contributed by atoms with Crippen molar-refractivity contribution in [1.29, 1.82) is 0 Å². The van der Waals surface area contributed by atoms with E-state index in [9.17, 15) is 4.79 Å². The van der Waals surface area contributed by atoms with Crippen LogP contribution >= 0.6 is 0 Å². The second kappa shape index (κ2) is 9.50. The average molecular weight is 507 g/mol. The van der Waals surface area contributed by atoms with E-state index in [1.807, 2.05) is 32.9 Å². The average Bonchev–Trinajstić information content (AvgIpc) is 3.47. The number of fused-ring (bicyclic) bond motifs is 1. The first-order valence-corrected chi connectivity index (χ1v) is 13.3. The number of carbonyl (C=O) groups excluding carboxylic acids is 1. The maximum Gasteiger partial charge on any atom is 0.410 e. The highest BCUT2D eigenvalue weighted by Crippen LogP contribution is 2.39. The fourth-order valence-corrected chi connectivity index (χ4v) is 5.16. The number of hydrogen-bond acceptors (Lipinski definition) is 7. The van der Waals surface area contributed by atoms with Crippen molar-refractivity contribution in [3.63, 3.8) is 0 Å². The van der Waals surface area contributed by atoms with Gasteiger partial charge < -0.3 is 19.1 Å². The minimum absolute atomic E-state index is 0.246. The number of ether oxygens (including phenoxy) is 1. The number of hydrogen-bond donors (Lipinski definition) is 0. The van der Waals surface area contributed by atoms with Crippen molar-refractivity contribution in [3.05, 3.63) is 35.5 Å². The van der Waals surface area contributed by atoms with Crippen LogP contribution in [-0.4, -0.2) is 62.7 Å². The molecule has 9 nitrogen and oxygen atoms in total. The molecule has 1 amide bonds. The normalized spacial score (nSPS) is 17.6. The monoisotopic (exact) mass is 506 g/mol. The number of aromatic nitrogens is 4. The maximum absolute atomic E-state index is 12.3. The molecule has 2 aromatic heterocycles. The molecule has 0 radical (unpaired) electrons. The van der Waals surface area contributed by atoms with Gasteiger partial charge in [-0.1, -0.05) is 19.0 Å². The molecule has 0 N–H and O–H groups in total. The predicted molar refractivity (Wildman–Crippen MR) is 142 cm³/mol. The zero-order chi connectivity index (χ0) is 26.4. The van der Waals surface area contributed by atoms with Gasteiger partial charge in [0.1, 0.15) is 5.60 Å². The van der Waals surface area contributed by atoms with Crippen molar-refractivity contribution in [1.82, 2.24) is 24.8 Å². The highest BCUT2D eigenvalue weighted by molar-refractivity contribution is 5.69. The Labute approximate surface area is 218 Å². The summed E-state index contributed by atoms with van der Waals surface area (Å²) < 4.78 is 13.3. The molecule has 0 bridgehead atoms. The van der Waals surface area contributed by atoms with E-state index in [0.29, 0.717) is 24.8 Å². The maximum atomic E-state index is 12.3. The van der Waals surface area contributed by atoms with Crippen molar-refractivity contribution in [3.8, 4) is 23.0 Å². The number of piperazine rings is 1. The number of amides is 1. The molecule has 5 rings (SSSR count). The summed E-state index contributed by atoms with van der Waals surface area (Å²) in [6.07, 6.45) is 2.86. The third kappa shape index (κ3) is 5.36. The Kier molecular flexibility index (Phi) is 6.50. The Balaban J connectivity index is 1.27. The Morgan fingerprint density at radius 3 is 2.46 bits per heavy atom. The molecular weight excluding hydrogens is 468 g/mol. The largest absolute Gasteiger partial charge is 0.444 e. The standard InChI is InChI=1S/C28H38N6O3/c1-7-34-22-18-28(5,6)13-12-21(22)23(30-34)25-29-24(31-37-25)19-8-10-20(11-9-19)32-14-16-33(17-15-32)26(35)36-27(2,3)4/h8-11H,7,12-18H2,1-6H3. The van der Waals surface area contributed by atoms with Gasteiger partial charge in [-0.05, 0) is 76.6 Å². The number of anilines is 1. The van der Waals surface area contributed by atoms with Gasteiger partial charge in [0.15, 0.2) is 5.69 Å². The lowest BCUT2D eigenvalue weighted by Crippen LogP contribution is -2.50. The highest BCUT2D eigenvalue weighted by atomic mass is 16.6. The molecule has 0 atom stereocenters. The van der Waals surface area contributed by atoms with Crippen LogP contribution in [0.1, 0.15) is 59.2 Å². The molecule has 1 aliphatic carbocycles. The lowest BCUT2D eigenvalue weighted by Gasteiger charge is -2.36. The molecule has 3 heterocycles. The van der Waals surface area contributed by atoms with Crippen LogP contribution in [0, 0.1) is 5.41 Å². The lowest BCUT2D eigenvalue weighted by molar-refractivity contribution is 0.0240. The van der Waals surface area contributed by atoms with E-state index in [1.165, 1.54) is 11.3 Å². The molecule has 37 heavy (non-hydrogen) atoms. The number of rotatable bonds is 4. The van der Waals surface area contributed by atoms with E-state index in [2.05, 4.69) is 47.6 Å². The summed E-state index contributed by atoms with van der Waals surface area (Å²) in [5.41, 5.74) is 5.17. The molecule has 0 unspecified atom stereocenters. The topological polar surface area (TPSA) is 89.5 Å². The van der Waals surface area contributed by atoms with Crippen LogP contribution in [0.3, 0.4) is 0 Å². The van der Waals surface area contributed by atoms with Gasteiger partial charge in [0.25, 0.3) is 5.89 Å². The van der Waals surface area contributed by atoms with Gasteiger partial charge >= 0.3 is 6.09 Å². The van der Waals surface area contributed by atoms with E-state index >= 15 is 0 Å². The van der Waals surface area contributed by atoms with Crippen LogP contribution in [0.2, 0.25) is 0 Å². The summed E-state index contributed by atoms with van der Waals surface area (Å²) in [6.45, 7) is 16.0. The third-order valence-electron chi connectivity index (χ3n) is 7.21. The first-order chi connectivity index (χ1) is 17.5. The van der Waals surface area contributed by atoms with Gasteiger partial charge in [-0.3, -0.25) is 4.68 Å². The molecule has 198 valence electrons. The van der Waals surface area contributed by atoms with Gasteiger partial charge in [-0.25, -0.2) is 4.79 Å². The molecule has 1 aromatic carbocycles. The number of benzene rings is 1. The number of nitrogens with zero attached hydrogens (tertiary/aromatic N) is 6. The summed E-state index contributed by atoms with van der Waals surface area (Å²) in [6, 6.07) is 8.19. The first kappa shape index (κ1) is 25.3. The number of aryl methyl sites for hydroxylation is 1. The molecule has 3 aromatic rings. The first-order valence-electron chi connectivity index (χ1n) is 13.3. The van der Waals surface area contributed by atoms with Gasteiger partial charge in [0.2, 0.25) is 5.82 Å². The van der Waals surface area contributed by atoms with Crippen molar-refractivity contribution in [2.75, 3.05) is 31.1 Å². The van der Waals surface area contributed by atoms with Crippen LogP contribution in [-0.2, 0) is 24.1 Å². The van der Waals surface area contributed by atoms with E-state index in [-0.39, 0.29) is 11.5 Å². The second-order valence-corrected chi connectivity index (χ2v) is 11.9. The van der Waals surface area contributed by atoms with Crippen molar-refractivity contribution < 1.29 is 14.1 Å². The van der Waals surface area contributed by atoms with Crippen molar-refractivity contribution >= 4 is 11.8 Å². The fraction of sp³-hybridized carbons (Fsp3) is 0.571. The predicted octanol–water partition coefficient (Wildman–Crippen LogP) is 5.19. The molecule has 0 saturated carbocycles. The minimum Gasteiger partial charge on any atom is -0.444 e. The fourth-order valence-electron chi connectivity index (χ4n) is 5.16. The quantitative estimate of drug-likeness (QED) is 0.481. The van der Waals surface area contributed by atoms with E-state index in [1.54, 1.807) is 4.90 Å². The van der Waals surface area contributed by atoms with Crippen molar-refractivity contribution in [2.24, 2.45) is 5.41 Å².